The second-order valence-corrected chi connectivity index (χ2v) is 7.26. The van der Waals surface area contributed by atoms with Gasteiger partial charge in [0.15, 0.2) is 12.4 Å². The normalized spacial score (nSPS) is 16.1. The Labute approximate surface area is 171 Å². The van der Waals surface area contributed by atoms with Gasteiger partial charge >= 0.3 is 5.97 Å². The van der Waals surface area contributed by atoms with Crippen LogP contribution in [0.3, 0.4) is 0 Å². The zero-order chi connectivity index (χ0) is 20.1. The van der Waals surface area contributed by atoms with Gasteiger partial charge in [-0.25, -0.2) is 0 Å². The van der Waals surface area contributed by atoms with E-state index in [0.29, 0.717) is 23.6 Å². The number of nitrogens with zero attached hydrogens (tertiary/aromatic N) is 1. The van der Waals surface area contributed by atoms with Crippen LogP contribution in [-0.2, 0) is 14.3 Å². The highest BCUT2D eigenvalue weighted by Crippen LogP contribution is 2.33. The van der Waals surface area contributed by atoms with Crippen LogP contribution in [0.1, 0.15) is 23.7 Å². The van der Waals surface area contributed by atoms with Gasteiger partial charge in [0.2, 0.25) is 5.91 Å². The van der Waals surface area contributed by atoms with Crippen LogP contribution in [0.2, 0.25) is 0 Å². The monoisotopic (exact) mass is 445 g/mol. The minimum absolute atomic E-state index is 0.0474. The minimum atomic E-state index is -0.611. The minimum Gasteiger partial charge on any atom is -0.492 e. The topological polar surface area (TPSA) is 72.9 Å². The molecule has 3 rings (SSSR count). The lowest BCUT2D eigenvalue weighted by Crippen LogP contribution is -2.27. The van der Waals surface area contributed by atoms with Crippen molar-refractivity contribution in [1.82, 2.24) is 0 Å². The van der Waals surface area contributed by atoms with E-state index in [-0.39, 0.29) is 31.3 Å². The average molecular weight is 446 g/mol. The summed E-state index contributed by atoms with van der Waals surface area (Å²) in [6.45, 7) is 2.20. The second kappa shape index (κ2) is 9.01. The summed E-state index contributed by atoms with van der Waals surface area (Å²) in [5.74, 6) is -1.02. The Morgan fingerprint density at radius 3 is 2.57 bits per heavy atom. The van der Waals surface area contributed by atoms with Crippen LogP contribution in [0.25, 0.3) is 0 Å². The van der Waals surface area contributed by atoms with Crippen molar-refractivity contribution in [3.63, 3.8) is 0 Å². The Kier molecular flexibility index (Phi) is 6.46. The van der Waals surface area contributed by atoms with E-state index in [9.17, 15) is 14.4 Å². The lowest BCUT2D eigenvalue weighted by molar-refractivity contribution is -0.147. The van der Waals surface area contributed by atoms with E-state index in [1.165, 1.54) is 4.90 Å². The molecule has 1 aliphatic heterocycles. The molecule has 1 heterocycles. The Morgan fingerprint density at radius 1 is 1.14 bits per heavy atom. The maximum atomic E-state index is 12.4. The van der Waals surface area contributed by atoms with Crippen LogP contribution in [0, 0.1) is 5.92 Å². The molecule has 1 atom stereocenters. The molecule has 1 saturated heterocycles. The summed E-state index contributed by atoms with van der Waals surface area (Å²) in [5.41, 5.74) is 1.10. The van der Waals surface area contributed by atoms with Crippen LogP contribution in [0.15, 0.2) is 53.0 Å². The van der Waals surface area contributed by atoms with E-state index in [1.54, 1.807) is 36.4 Å². The first-order chi connectivity index (χ1) is 13.5. The number of para-hydroxylation sites is 2. The first-order valence-electron chi connectivity index (χ1n) is 8.97. The highest BCUT2D eigenvalue weighted by molar-refractivity contribution is 9.10. The fourth-order valence-corrected chi connectivity index (χ4v) is 3.29. The van der Waals surface area contributed by atoms with Gasteiger partial charge in [-0.2, -0.15) is 0 Å². The number of hydrogen-bond acceptors (Lipinski definition) is 5. The molecule has 0 saturated carbocycles. The molecule has 0 spiro atoms. The van der Waals surface area contributed by atoms with E-state index in [4.69, 9.17) is 9.47 Å². The predicted molar refractivity (Wildman–Crippen MR) is 108 cm³/mol. The number of ether oxygens (including phenoxy) is 2. The summed E-state index contributed by atoms with van der Waals surface area (Å²) >= 11 is 3.30. The van der Waals surface area contributed by atoms with Crippen molar-refractivity contribution in [2.45, 2.75) is 13.3 Å². The van der Waals surface area contributed by atoms with Crippen LogP contribution < -0.4 is 9.64 Å². The summed E-state index contributed by atoms with van der Waals surface area (Å²) < 4.78 is 11.6. The van der Waals surface area contributed by atoms with Crippen LogP contribution in [0.5, 0.6) is 5.75 Å². The molecule has 1 aliphatic rings. The standard InChI is InChI=1S/C21H20BrNO5/c1-2-27-19-6-4-3-5-17(19)23-12-15(11-20(23)25)21(26)28-13-18(24)14-7-9-16(22)10-8-14/h3-10,15H,2,11-13H2,1H3/t15-/m1/s1. The summed E-state index contributed by atoms with van der Waals surface area (Å²) in [6, 6.07) is 14.0. The number of rotatable bonds is 7. The number of Topliss-reactive ketones (excluding diaryl/α,β-unsaturated/α-hetero) is 1. The molecule has 146 valence electrons. The van der Waals surface area contributed by atoms with Crippen LogP contribution in [-0.4, -0.2) is 37.4 Å². The molecule has 0 bridgehead atoms. The molecule has 7 heteroatoms. The molecule has 0 aromatic heterocycles. The molecule has 0 unspecified atom stereocenters. The van der Waals surface area contributed by atoms with E-state index in [1.807, 2.05) is 19.1 Å². The molecule has 0 radical (unpaired) electrons. The number of ketones is 1. The van der Waals surface area contributed by atoms with E-state index < -0.39 is 11.9 Å². The van der Waals surface area contributed by atoms with Crippen LogP contribution >= 0.6 is 15.9 Å². The maximum Gasteiger partial charge on any atom is 0.311 e. The van der Waals surface area contributed by atoms with Gasteiger partial charge in [-0.1, -0.05) is 40.2 Å². The van der Waals surface area contributed by atoms with Crippen molar-refractivity contribution in [2.24, 2.45) is 5.92 Å². The third-order valence-corrected chi connectivity index (χ3v) is 4.95. The fourth-order valence-electron chi connectivity index (χ4n) is 3.03. The number of anilines is 1. The molecule has 0 N–H and O–H groups in total. The summed E-state index contributed by atoms with van der Waals surface area (Å²) in [5, 5.41) is 0. The smallest absolute Gasteiger partial charge is 0.311 e. The van der Waals surface area contributed by atoms with Crippen molar-refractivity contribution in [2.75, 3.05) is 24.7 Å². The molecule has 2 aromatic carbocycles. The van der Waals surface area contributed by atoms with Gasteiger partial charge in [-0.3, -0.25) is 14.4 Å². The van der Waals surface area contributed by atoms with E-state index >= 15 is 0 Å². The Morgan fingerprint density at radius 2 is 1.86 bits per heavy atom. The number of benzene rings is 2. The number of halogens is 1. The van der Waals surface area contributed by atoms with Gasteiger partial charge in [0, 0.05) is 23.0 Å². The summed E-state index contributed by atoms with van der Waals surface area (Å²) in [7, 11) is 0. The first-order valence-corrected chi connectivity index (χ1v) is 9.76. The van der Waals surface area contributed by atoms with Gasteiger partial charge in [-0.15, -0.1) is 0 Å². The number of carbonyl (C=O) groups is 3. The number of esters is 1. The van der Waals surface area contributed by atoms with E-state index in [2.05, 4.69) is 15.9 Å². The predicted octanol–water partition coefficient (Wildman–Crippen LogP) is 3.63. The molecular formula is C21H20BrNO5. The van der Waals surface area contributed by atoms with Crippen molar-refractivity contribution < 1.29 is 23.9 Å². The molecule has 1 amide bonds. The fraction of sp³-hybridized carbons (Fsp3) is 0.286. The lowest BCUT2D eigenvalue weighted by atomic mass is 10.1. The Hall–Kier alpha value is -2.67. The molecule has 1 fully saturated rings. The van der Waals surface area contributed by atoms with E-state index in [0.717, 1.165) is 4.47 Å². The summed E-state index contributed by atoms with van der Waals surface area (Å²) in [6.07, 6.45) is 0.0474. The largest absolute Gasteiger partial charge is 0.492 e. The zero-order valence-corrected chi connectivity index (χ0v) is 17.0. The molecule has 0 aliphatic carbocycles. The van der Waals surface area contributed by atoms with Crippen molar-refractivity contribution in [3.05, 3.63) is 58.6 Å². The van der Waals surface area contributed by atoms with Crippen molar-refractivity contribution >= 4 is 39.3 Å². The second-order valence-electron chi connectivity index (χ2n) is 6.34. The van der Waals surface area contributed by atoms with Gasteiger partial charge in [0.1, 0.15) is 5.75 Å². The Bertz CT molecular complexity index is 881. The van der Waals surface area contributed by atoms with Gasteiger partial charge in [0.05, 0.1) is 18.2 Å². The molecular weight excluding hydrogens is 426 g/mol. The first kappa shape index (κ1) is 20.1. The van der Waals surface area contributed by atoms with Gasteiger partial charge < -0.3 is 14.4 Å². The SMILES string of the molecule is CCOc1ccccc1N1C[C@H](C(=O)OCC(=O)c2ccc(Br)cc2)CC1=O. The highest BCUT2D eigenvalue weighted by atomic mass is 79.9. The number of amides is 1. The molecule has 6 nitrogen and oxygen atoms in total. The van der Waals surface area contributed by atoms with Crippen molar-refractivity contribution in [3.8, 4) is 5.75 Å². The number of carbonyl (C=O) groups excluding carboxylic acids is 3. The zero-order valence-electron chi connectivity index (χ0n) is 15.4. The maximum absolute atomic E-state index is 12.4. The lowest BCUT2D eigenvalue weighted by Gasteiger charge is -2.19. The van der Waals surface area contributed by atoms with Gasteiger partial charge in [-0.05, 0) is 31.2 Å². The van der Waals surface area contributed by atoms with Gasteiger partial charge in [0.25, 0.3) is 0 Å². The average Bonchev–Trinajstić information content (AvgIpc) is 3.09. The van der Waals surface area contributed by atoms with Crippen LogP contribution in [0.4, 0.5) is 5.69 Å². The molecule has 2 aromatic rings. The Balaban J connectivity index is 1.61. The summed E-state index contributed by atoms with van der Waals surface area (Å²) in [4.78, 5) is 38.5. The third kappa shape index (κ3) is 4.59. The molecule has 28 heavy (non-hydrogen) atoms. The quantitative estimate of drug-likeness (QED) is 0.480. The van der Waals surface area contributed by atoms with Crippen molar-refractivity contribution in [1.29, 1.82) is 0 Å². The highest BCUT2D eigenvalue weighted by Gasteiger charge is 2.37. The number of hydrogen-bond donors (Lipinski definition) is 0. The third-order valence-electron chi connectivity index (χ3n) is 4.43.